The van der Waals surface area contributed by atoms with Crippen LogP contribution in [0.3, 0.4) is 0 Å². The average molecular weight is 393 g/mol. The fraction of sp³-hybridized carbons (Fsp3) is 0.850. The third kappa shape index (κ3) is 6.17. The topological polar surface area (TPSA) is 76.8 Å². The van der Waals surface area contributed by atoms with Gasteiger partial charge in [-0.05, 0) is 39.0 Å². The molecule has 8 nitrogen and oxygen atoms in total. The van der Waals surface area contributed by atoms with Gasteiger partial charge < -0.3 is 24.3 Å². The van der Waals surface area contributed by atoms with Gasteiger partial charge in [-0.1, -0.05) is 6.92 Å². The van der Waals surface area contributed by atoms with Crippen LogP contribution in [0.4, 0.5) is 0 Å². The Bertz CT molecular complexity index is 591. The van der Waals surface area contributed by atoms with Gasteiger partial charge in [-0.15, -0.1) is 10.2 Å². The van der Waals surface area contributed by atoms with Crippen molar-refractivity contribution in [2.75, 3.05) is 39.4 Å². The summed E-state index contributed by atoms with van der Waals surface area (Å²) < 4.78 is 14.0. The van der Waals surface area contributed by atoms with E-state index in [4.69, 9.17) is 14.5 Å². The lowest BCUT2D eigenvalue weighted by molar-refractivity contribution is -0.0721. The lowest BCUT2D eigenvalue weighted by Gasteiger charge is -2.35. The van der Waals surface area contributed by atoms with Crippen LogP contribution in [0.5, 0.6) is 0 Å². The first-order valence-electron chi connectivity index (χ1n) is 10.9. The van der Waals surface area contributed by atoms with Crippen LogP contribution in [-0.2, 0) is 22.4 Å². The van der Waals surface area contributed by atoms with E-state index >= 15 is 0 Å². The van der Waals surface area contributed by atoms with Gasteiger partial charge in [0.2, 0.25) is 0 Å². The molecule has 1 atom stereocenters. The Morgan fingerprint density at radius 3 is 2.86 bits per heavy atom. The van der Waals surface area contributed by atoms with Crippen LogP contribution < -0.4 is 5.32 Å². The van der Waals surface area contributed by atoms with Gasteiger partial charge in [0.25, 0.3) is 0 Å². The van der Waals surface area contributed by atoms with E-state index in [2.05, 4.69) is 38.8 Å². The standard InChI is InChI=1S/C20H36N6O2/c1-3-19-24-23-16-26(19)13-10-22-20(21-4-2)25-11-8-17(9-12-25)28-15-18-7-5-6-14-27-18/h16-18H,3-15H2,1-2H3,(H,21,22). The molecule has 2 fully saturated rings. The van der Waals surface area contributed by atoms with Crippen LogP contribution in [0.25, 0.3) is 0 Å². The molecule has 1 unspecified atom stereocenters. The molecule has 0 saturated carbocycles. The number of nitrogens with one attached hydrogen (secondary N) is 1. The van der Waals surface area contributed by atoms with Crippen molar-refractivity contribution < 1.29 is 9.47 Å². The maximum atomic E-state index is 6.14. The van der Waals surface area contributed by atoms with Crippen LogP contribution in [0.15, 0.2) is 11.3 Å². The van der Waals surface area contributed by atoms with E-state index in [9.17, 15) is 0 Å². The second-order valence-corrected chi connectivity index (χ2v) is 7.54. The summed E-state index contributed by atoms with van der Waals surface area (Å²) in [5.41, 5.74) is 0. The molecular weight excluding hydrogens is 356 g/mol. The summed E-state index contributed by atoms with van der Waals surface area (Å²) >= 11 is 0. The Balaban J connectivity index is 1.43. The molecule has 0 radical (unpaired) electrons. The number of aromatic nitrogens is 3. The van der Waals surface area contributed by atoms with Crippen molar-refractivity contribution in [3.8, 4) is 0 Å². The zero-order chi connectivity index (χ0) is 19.6. The highest BCUT2D eigenvalue weighted by molar-refractivity contribution is 5.80. The monoisotopic (exact) mass is 392 g/mol. The van der Waals surface area contributed by atoms with Crippen LogP contribution in [0.1, 0.15) is 51.8 Å². The zero-order valence-electron chi connectivity index (χ0n) is 17.5. The Labute approximate surface area is 168 Å². The number of aliphatic imine (C=N–C) groups is 1. The van der Waals surface area contributed by atoms with Crippen LogP contribution in [-0.4, -0.2) is 77.2 Å². The number of ether oxygens (including phenoxy) is 2. The molecule has 0 bridgehead atoms. The van der Waals surface area contributed by atoms with Crippen molar-refractivity contribution in [3.05, 3.63) is 12.2 Å². The fourth-order valence-electron chi connectivity index (χ4n) is 3.85. The third-order valence-corrected chi connectivity index (χ3v) is 5.48. The van der Waals surface area contributed by atoms with Crippen molar-refractivity contribution in [2.24, 2.45) is 4.99 Å². The molecule has 28 heavy (non-hydrogen) atoms. The summed E-state index contributed by atoms with van der Waals surface area (Å²) in [4.78, 5) is 7.18. The Morgan fingerprint density at radius 2 is 2.14 bits per heavy atom. The van der Waals surface area contributed by atoms with Gasteiger partial charge in [-0.3, -0.25) is 4.99 Å². The predicted molar refractivity (Wildman–Crippen MR) is 110 cm³/mol. The van der Waals surface area contributed by atoms with E-state index in [-0.39, 0.29) is 0 Å². The molecule has 2 saturated heterocycles. The smallest absolute Gasteiger partial charge is 0.193 e. The lowest BCUT2D eigenvalue weighted by Crippen LogP contribution is -2.47. The molecule has 3 heterocycles. The normalized spacial score (nSPS) is 21.9. The highest BCUT2D eigenvalue weighted by Crippen LogP contribution is 2.18. The van der Waals surface area contributed by atoms with E-state index in [0.29, 0.717) is 12.2 Å². The van der Waals surface area contributed by atoms with Gasteiger partial charge in [-0.25, -0.2) is 0 Å². The van der Waals surface area contributed by atoms with Crippen LogP contribution in [0, 0.1) is 0 Å². The minimum Gasteiger partial charge on any atom is -0.376 e. The first-order chi connectivity index (χ1) is 13.8. The van der Waals surface area contributed by atoms with Gasteiger partial charge in [0, 0.05) is 39.2 Å². The Kier molecular flexibility index (Phi) is 8.54. The van der Waals surface area contributed by atoms with Gasteiger partial charge in [0.05, 0.1) is 25.4 Å². The van der Waals surface area contributed by atoms with Gasteiger partial charge in [-0.2, -0.15) is 0 Å². The van der Waals surface area contributed by atoms with E-state index in [1.807, 2.05) is 0 Å². The summed E-state index contributed by atoms with van der Waals surface area (Å²) in [7, 11) is 0. The maximum absolute atomic E-state index is 6.14. The number of aryl methyl sites for hydroxylation is 1. The van der Waals surface area contributed by atoms with Crippen molar-refractivity contribution >= 4 is 5.96 Å². The summed E-state index contributed by atoms with van der Waals surface area (Å²) in [6, 6.07) is 0. The van der Waals surface area contributed by atoms with Gasteiger partial charge >= 0.3 is 0 Å². The number of likely N-dealkylation sites (tertiary alicyclic amines) is 1. The van der Waals surface area contributed by atoms with Crippen molar-refractivity contribution in [1.82, 2.24) is 25.0 Å². The molecule has 2 aliphatic rings. The summed E-state index contributed by atoms with van der Waals surface area (Å²) in [6.45, 7) is 10.2. The number of rotatable bonds is 8. The number of hydrogen-bond donors (Lipinski definition) is 1. The quantitative estimate of drug-likeness (QED) is 0.537. The molecular formula is C20H36N6O2. The minimum atomic E-state index is 0.302. The number of piperidine rings is 1. The number of guanidine groups is 1. The van der Waals surface area contributed by atoms with E-state index in [1.165, 1.54) is 12.8 Å². The fourth-order valence-corrected chi connectivity index (χ4v) is 3.85. The first kappa shape index (κ1) is 21.0. The molecule has 0 amide bonds. The summed E-state index contributed by atoms with van der Waals surface area (Å²) in [6.07, 6.45) is 9.02. The number of nitrogens with zero attached hydrogens (tertiary/aromatic N) is 5. The Morgan fingerprint density at radius 1 is 1.29 bits per heavy atom. The third-order valence-electron chi connectivity index (χ3n) is 5.48. The van der Waals surface area contributed by atoms with Gasteiger partial charge in [0.15, 0.2) is 5.96 Å². The molecule has 0 aliphatic carbocycles. The largest absolute Gasteiger partial charge is 0.376 e. The molecule has 8 heteroatoms. The summed E-state index contributed by atoms with van der Waals surface area (Å²) in [5.74, 6) is 2.02. The van der Waals surface area contributed by atoms with E-state index < -0.39 is 0 Å². The molecule has 0 spiro atoms. The SMILES string of the molecule is CCNC(=NCCn1cnnc1CC)N1CCC(OCC2CCCCO2)CC1. The van der Waals surface area contributed by atoms with Gasteiger partial charge in [0.1, 0.15) is 12.2 Å². The predicted octanol–water partition coefficient (Wildman–Crippen LogP) is 1.86. The highest BCUT2D eigenvalue weighted by Gasteiger charge is 2.23. The lowest BCUT2D eigenvalue weighted by atomic mass is 10.1. The molecule has 1 aromatic rings. The van der Waals surface area contributed by atoms with E-state index in [0.717, 1.165) is 83.4 Å². The molecule has 1 aromatic heterocycles. The molecule has 3 rings (SSSR count). The summed E-state index contributed by atoms with van der Waals surface area (Å²) in [5, 5.41) is 11.6. The molecule has 0 aromatic carbocycles. The maximum Gasteiger partial charge on any atom is 0.193 e. The van der Waals surface area contributed by atoms with Crippen molar-refractivity contribution in [2.45, 2.75) is 71.1 Å². The second kappa shape index (κ2) is 11.4. The van der Waals surface area contributed by atoms with Crippen molar-refractivity contribution in [3.63, 3.8) is 0 Å². The van der Waals surface area contributed by atoms with E-state index in [1.54, 1.807) is 6.33 Å². The zero-order valence-corrected chi connectivity index (χ0v) is 17.5. The molecule has 1 N–H and O–H groups in total. The minimum absolute atomic E-state index is 0.302. The van der Waals surface area contributed by atoms with Crippen molar-refractivity contribution in [1.29, 1.82) is 0 Å². The second-order valence-electron chi connectivity index (χ2n) is 7.54. The Hall–Kier alpha value is -1.67. The molecule has 158 valence electrons. The van der Waals surface area contributed by atoms with Crippen LogP contribution in [0.2, 0.25) is 0 Å². The van der Waals surface area contributed by atoms with Crippen LogP contribution >= 0.6 is 0 Å². The molecule has 2 aliphatic heterocycles. The first-order valence-corrected chi connectivity index (χ1v) is 10.9. The average Bonchev–Trinajstić information content (AvgIpc) is 3.20. The highest BCUT2D eigenvalue weighted by atomic mass is 16.5. The number of hydrogen-bond acceptors (Lipinski definition) is 5.